The fourth-order valence-corrected chi connectivity index (χ4v) is 3.46. The van der Waals surface area contributed by atoms with Gasteiger partial charge in [0.2, 0.25) is 0 Å². The molecule has 0 nitrogen and oxygen atoms in total. The zero-order chi connectivity index (χ0) is 15.7. The van der Waals surface area contributed by atoms with Crippen molar-refractivity contribution in [2.45, 2.75) is 110 Å². The van der Waals surface area contributed by atoms with Gasteiger partial charge in [0.1, 0.15) is 0 Å². The Balaban J connectivity index is 0. The van der Waals surface area contributed by atoms with Gasteiger partial charge < -0.3 is 0 Å². The molecule has 0 fully saturated rings. The van der Waals surface area contributed by atoms with Crippen LogP contribution in [0, 0.1) is 0 Å². The number of allylic oxidation sites excluding steroid dienone is 1. The Hall–Kier alpha value is -0.0431. The molecule has 1 heteroatoms. The number of rotatable bonds is 12. The van der Waals surface area contributed by atoms with Crippen molar-refractivity contribution >= 4 is 8.07 Å². The number of unbranched alkanes of at least 4 members (excludes halogenated alkanes) is 9. The molecule has 0 saturated carbocycles. The molecule has 0 aromatic rings. The van der Waals surface area contributed by atoms with Crippen molar-refractivity contribution in [3.8, 4) is 0 Å². The monoisotopic (exact) mass is 298 g/mol. The van der Waals surface area contributed by atoms with E-state index in [-0.39, 0.29) is 0 Å². The van der Waals surface area contributed by atoms with Crippen LogP contribution < -0.4 is 0 Å². The van der Waals surface area contributed by atoms with Gasteiger partial charge in [-0.05, 0) is 12.8 Å². The van der Waals surface area contributed by atoms with E-state index >= 15 is 0 Å². The van der Waals surface area contributed by atoms with Crippen molar-refractivity contribution in [3.63, 3.8) is 0 Å². The van der Waals surface area contributed by atoms with Gasteiger partial charge in [0.05, 0.1) is 0 Å². The quantitative estimate of drug-likeness (QED) is 0.196. The first-order valence-corrected chi connectivity index (χ1v) is 12.8. The van der Waals surface area contributed by atoms with Crippen LogP contribution in [0.4, 0.5) is 0 Å². The zero-order valence-electron chi connectivity index (χ0n) is 15.3. The number of hydrogen-bond donors (Lipinski definition) is 0. The summed E-state index contributed by atoms with van der Waals surface area (Å²) in [6.07, 6.45) is 17.3. The van der Waals surface area contributed by atoms with Crippen molar-refractivity contribution in [2.24, 2.45) is 0 Å². The maximum atomic E-state index is 3.66. The van der Waals surface area contributed by atoms with Gasteiger partial charge in [0.15, 0.2) is 0 Å². The second-order valence-electron chi connectivity index (χ2n) is 7.22. The van der Waals surface area contributed by atoms with Crippen LogP contribution in [0.25, 0.3) is 0 Å². The van der Waals surface area contributed by atoms with E-state index < -0.39 is 8.07 Å². The van der Waals surface area contributed by atoms with Gasteiger partial charge in [0, 0.05) is 8.07 Å². The van der Waals surface area contributed by atoms with Crippen molar-refractivity contribution in [3.05, 3.63) is 12.7 Å². The third-order valence-electron chi connectivity index (χ3n) is 3.54. The van der Waals surface area contributed by atoms with Gasteiger partial charge in [-0.3, -0.25) is 0 Å². The third kappa shape index (κ3) is 26.5. The molecule has 0 atom stereocenters. The average molecular weight is 299 g/mol. The molecule has 20 heavy (non-hydrogen) atoms. The Labute approximate surface area is 131 Å². The fraction of sp³-hybridized carbons (Fsp3) is 0.895. The highest BCUT2D eigenvalue weighted by atomic mass is 28.3. The van der Waals surface area contributed by atoms with Crippen LogP contribution in [0.1, 0.15) is 84.5 Å². The lowest BCUT2D eigenvalue weighted by atomic mass is 10.1. The molecule has 0 heterocycles. The van der Waals surface area contributed by atoms with Gasteiger partial charge in [0.25, 0.3) is 0 Å². The van der Waals surface area contributed by atoms with Crippen LogP contribution >= 0.6 is 0 Å². The van der Waals surface area contributed by atoms with E-state index in [1.54, 1.807) is 0 Å². The van der Waals surface area contributed by atoms with Crippen LogP contribution in [0.5, 0.6) is 0 Å². The van der Waals surface area contributed by atoms with Crippen molar-refractivity contribution < 1.29 is 0 Å². The summed E-state index contributed by atoms with van der Waals surface area (Å²) in [5.41, 5.74) is 0. The molecule has 0 unspecified atom stereocenters. The predicted octanol–water partition coefficient (Wildman–Crippen LogP) is 7.83. The summed E-state index contributed by atoms with van der Waals surface area (Å²) < 4.78 is 0. The summed E-state index contributed by atoms with van der Waals surface area (Å²) in [7, 11) is -0.726. The van der Waals surface area contributed by atoms with Crippen LogP contribution in [0.3, 0.4) is 0 Å². The van der Waals surface area contributed by atoms with E-state index in [0.717, 1.165) is 0 Å². The van der Waals surface area contributed by atoms with Gasteiger partial charge in [-0.25, -0.2) is 0 Å². The Kier molecular flexibility index (Phi) is 18.9. The minimum Gasteiger partial charge on any atom is -0.103 e. The molecule has 0 radical (unpaired) electrons. The molecule has 0 spiro atoms. The molecule has 0 aliphatic rings. The van der Waals surface area contributed by atoms with E-state index in [2.05, 4.69) is 40.1 Å². The largest absolute Gasteiger partial charge is 0.103 e. The number of hydrogen-bond acceptors (Lipinski definition) is 0. The standard InChI is InChI=1S/C11H26Si.C8H16/c1-5-6-7-8-9-10-11-12(2,3)4;1-3-5-7-8-6-4-2/h5-11H2,1-4H3;3H,1,4-8H2,2H3. The molecular weight excluding hydrogens is 256 g/mol. The lowest BCUT2D eigenvalue weighted by Crippen LogP contribution is -2.18. The van der Waals surface area contributed by atoms with E-state index in [1.807, 2.05) is 6.08 Å². The molecule has 0 aliphatic carbocycles. The van der Waals surface area contributed by atoms with Crippen LogP contribution in [0.15, 0.2) is 12.7 Å². The molecule has 0 aliphatic heterocycles. The second-order valence-corrected chi connectivity index (χ2v) is 12.8. The highest BCUT2D eigenvalue weighted by molar-refractivity contribution is 6.76. The van der Waals surface area contributed by atoms with Crippen molar-refractivity contribution in [2.75, 3.05) is 0 Å². The second kappa shape index (κ2) is 17.0. The Morgan fingerprint density at radius 2 is 1.15 bits per heavy atom. The van der Waals surface area contributed by atoms with Crippen molar-refractivity contribution in [1.82, 2.24) is 0 Å². The maximum absolute atomic E-state index is 3.66. The summed E-state index contributed by atoms with van der Waals surface area (Å²) in [5.74, 6) is 0. The molecule has 0 aromatic heterocycles. The molecule has 0 saturated heterocycles. The van der Waals surface area contributed by atoms with Gasteiger partial charge in [-0.1, -0.05) is 103 Å². The first-order chi connectivity index (χ1) is 9.47. The lowest BCUT2D eigenvalue weighted by molar-refractivity contribution is 0.622. The highest BCUT2D eigenvalue weighted by Crippen LogP contribution is 2.15. The van der Waals surface area contributed by atoms with Crippen LogP contribution in [-0.2, 0) is 0 Å². The summed E-state index contributed by atoms with van der Waals surface area (Å²) in [4.78, 5) is 0. The normalized spacial score (nSPS) is 10.8. The van der Waals surface area contributed by atoms with E-state index in [0.29, 0.717) is 0 Å². The molecule has 0 amide bonds. The Morgan fingerprint density at radius 1 is 0.700 bits per heavy atom. The zero-order valence-corrected chi connectivity index (χ0v) is 16.3. The van der Waals surface area contributed by atoms with Crippen LogP contribution in [0.2, 0.25) is 25.7 Å². The van der Waals surface area contributed by atoms with Crippen LogP contribution in [-0.4, -0.2) is 8.07 Å². The van der Waals surface area contributed by atoms with Crippen molar-refractivity contribution in [1.29, 1.82) is 0 Å². The summed E-state index contributed by atoms with van der Waals surface area (Å²) in [5, 5.41) is 0. The first kappa shape index (κ1) is 22.2. The summed E-state index contributed by atoms with van der Waals surface area (Å²) >= 11 is 0. The first-order valence-electron chi connectivity index (χ1n) is 9.08. The van der Waals surface area contributed by atoms with E-state index in [9.17, 15) is 0 Å². The maximum Gasteiger partial charge on any atom is 0.0442 e. The molecule has 0 bridgehead atoms. The van der Waals surface area contributed by atoms with Gasteiger partial charge >= 0.3 is 0 Å². The molecule has 0 aromatic carbocycles. The Bertz CT molecular complexity index is 179. The SMILES string of the molecule is C=CCCCCCC.CCCCCCCC[Si](C)(C)C. The molecular formula is C19H42Si. The third-order valence-corrected chi connectivity index (χ3v) is 5.40. The topological polar surface area (TPSA) is 0 Å². The lowest BCUT2D eigenvalue weighted by Gasteiger charge is -2.14. The summed E-state index contributed by atoms with van der Waals surface area (Å²) in [6.45, 7) is 15.6. The molecule has 0 rings (SSSR count). The molecule has 122 valence electrons. The summed E-state index contributed by atoms with van der Waals surface area (Å²) in [6, 6.07) is 1.53. The van der Waals surface area contributed by atoms with Gasteiger partial charge in [-0.15, -0.1) is 6.58 Å². The highest BCUT2D eigenvalue weighted by Gasteiger charge is 2.11. The average Bonchev–Trinajstić information content (AvgIpc) is 2.38. The predicted molar refractivity (Wildman–Crippen MR) is 100 cm³/mol. The van der Waals surface area contributed by atoms with E-state index in [1.165, 1.54) is 76.7 Å². The minimum absolute atomic E-state index is 0.726. The smallest absolute Gasteiger partial charge is 0.0442 e. The minimum atomic E-state index is -0.726. The Morgan fingerprint density at radius 3 is 1.60 bits per heavy atom. The van der Waals surface area contributed by atoms with E-state index in [4.69, 9.17) is 0 Å². The fourth-order valence-electron chi connectivity index (χ4n) is 2.15. The molecule has 0 N–H and O–H groups in total. The van der Waals surface area contributed by atoms with Gasteiger partial charge in [-0.2, -0.15) is 0 Å².